The molecule has 0 aliphatic carbocycles. The van der Waals surface area contributed by atoms with Crippen LogP contribution in [0.4, 0.5) is 10.5 Å². The van der Waals surface area contributed by atoms with E-state index in [9.17, 15) is 18.4 Å². The van der Waals surface area contributed by atoms with Gasteiger partial charge < -0.3 is 5.73 Å². The van der Waals surface area contributed by atoms with Crippen LogP contribution in [0.15, 0.2) is 89.8 Å². The van der Waals surface area contributed by atoms with Gasteiger partial charge in [0.25, 0.3) is 0 Å². The summed E-state index contributed by atoms with van der Waals surface area (Å²) in [5.41, 5.74) is 8.82. The molecule has 0 bridgehead atoms. The van der Waals surface area contributed by atoms with Crippen molar-refractivity contribution in [1.82, 2.24) is 9.78 Å². The third-order valence-electron chi connectivity index (χ3n) is 4.78. The summed E-state index contributed by atoms with van der Waals surface area (Å²) >= 11 is 0. The van der Waals surface area contributed by atoms with Gasteiger partial charge in [-0.25, -0.2) is 23.0 Å². The number of urea groups is 1. The summed E-state index contributed by atoms with van der Waals surface area (Å²) in [5, 5.41) is 20.1. The van der Waals surface area contributed by atoms with Crippen LogP contribution in [0.2, 0.25) is 0 Å². The molecule has 0 saturated heterocycles. The molecule has 0 spiro atoms. The van der Waals surface area contributed by atoms with Crippen LogP contribution in [0.1, 0.15) is 0 Å². The Labute approximate surface area is 184 Å². The quantitative estimate of drug-likeness (QED) is 0.317. The highest BCUT2D eigenvalue weighted by Crippen LogP contribution is 2.30. The van der Waals surface area contributed by atoms with E-state index >= 15 is 0 Å². The van der Waals surface area contributed by atoms with Crippen LogP contribution in [0, 0.1) is 0 Å². The number of amides is 2. The van der Waals surface area contributed by atoms with Gasteiger partial charge in [-0.1, -0.05) is 42.5 Å². The van der Waals surface area contributed by atoms with Crippen LogP contribution in [0.5, 0.6) is 0 Å². The maximum Gasteiger partial charge on any atom is 0.343 e. The van der Waals surface area contributed by atoms with Crippen molar-refractivity contribution in [3.63, 3.8) is 0 Å². The van der Waals surface area contributed by atoms with Crippen molar-refractivity contribution in [3.05, 3.63) is 84.9 Å². The highest BCUT2D eigenvalue weighted by atomic mass is 32.2. The van der Waals surface area contributed by atoms with Crippen molar-refractivity contribution in [3.8, 4) is 28.2 Å². The van der Waals surface area contributed by atoms with Gasteiger partial charge in [-0.2, -0.15) is 10.2 Å². The second-order valence-electron chi connectivity index (χ2n) is 6.93. The van der Waals surface area contributed by atoms with Gasteiger partial charge in [0.2, 0.25) is 10.0 Å². The lowest BCUT2D eigenvalue weighted by molar-refractivity contribution is 0.212. The predicted molar refractivity (Wildman–Crippen MR) is 120 cm³/mol. The first-order valence-electron chi connectivity index (χ1n) is 9.41. The summed E-state index contributed by atoms with van der Waals surface area (Å²) in [6.45, 7) is 0. The van der Waals surface area contributed by atoms with Crippen molar-refractivity contribution in [2.24, 2.45) is 10.9 Å². The molecule has 0 aliphatic heterocycles. The number of carbonyl (C=O) groups excluding carboxylic acids is 1. The normalized spacial score (nSPS) is 11.3. The zero-order chi connectivity index (χ0) is 22.9. The number of aromatic nitrogens is 2. The van der Waals surface area contributed by atoms with Crippen LogP contribution < -0.4 is 15.9 Å². The number of rotatable bonds is 5. The lowest BCUT2D eigenvalue weighted by Gasteiger charge is -2.12. The SMILES string of the molecule is NC(=O)N(O)c1cccc(-c2cc(-c3ccccc3)n(-c3ccc(S(N)(=O)=O)cc3)n2)c1. The van der Waals surface area contributed by atoms with E-state index in [-0.39, 0.29) is 10.6 Å². The Morgan fingerprint density at radius 2 is 1.56 bits per heavy atom. The van der Waals surface area contributed by atoms with Gasteiger partial charge in [0.05, 0.1) is 27.7 Å². The molecule has 9 nitrogen and oxygen atoms in total. The first kappa shape index (κ1) is 21.2. The fraction of sp³-hybridized carbons (Fsp3) is 0. The Bertz CT molecular complexity index is 1380. The molecule has 0 saturated carbocycles. The van der Waals surface area contributed by atoms with Gasteiger partial charge >= 0.3 is 6.03 Å². The minimum absolute atomic E-state index is 0.00270. The molecule has 0 fully saturated rings. The van der Waals surface area contributed by atoms with Crippen molar-refractivity contribution in [1.29, 1.82) is 0 Å². The molecule has 4 rings (SSSR count). The van der Waals surface area contributed by atoms with E-state index in [0.717, 1.165) is 11.3 Å². The number of anilines is 1. The molecule has 0 aliphatic rings. The van der Waals surface area contributed by atoms with E-state index < -0.39 is 16.1 Å². The Balaban J connectivity index is 1.85. The molecule has 0 radical (unpaired) electrons. The van der Waals surface area contributed by atoms with E-state index in [1.165, 1.54) is 18.2 Å². The molecular formula is C22H19N5O4S. The maximum atomic E-state index is 11.6. The second kappa shape index (κ2) is 8.27. The second-order valence-corrected chi connectivity index (χ2v) is 8.49. The molecule has 0 atom stereocenters. The third kappa shape index (κ3) is 4.23. The van der Waals surface area contributed by atoms with E-state index in [2.05, 4.69) is 5.10 Å². The average Bonchev–Trinajstić information content (AvgIpc) is 3.24. The highest BCUT2D eigenvalue weighted by Gasteiger charge is 2.16. The summed E-state index contributed by atoms with van der Waals surface area (Å²) in [7, 11) is -3.82. The van der Waals surface area contributed by atoms with Crippen molar-refractivity contribution < 1.29 is 18.4 Å². The maximum absolute atomic E-state index is 11.6. The number of carbonyl (C=O) groups is 1. The summed E-state index contributed by atoms with van der Waals surface area (Å²) in [5.74, 6) is 0. The number of hydroxylamine groups is 1. The molecule has 2 amide bonds. The third-order valence-corrected chi connectivity index (χ3v) is 5.71. The number of benzene rings is 3. The van der Waals surface area contributed by atoms with Gasteiger partial charge in [0.1, 0.15) is 0 Å². The number of nitrogens with two attached hydrogens (primary N) is 2. The number of sulfonamides is 1. The standard InChI is InChI=1S/C22H19N5O4S/c23-22(28)27(29)18-8-4-7-16(13-18)20-14-21(15-5-2-1-3-6-15)26(25-20)17-9-11-19(12-10-17)32(24,30)31/h1-14,29H,(H2,23,28)(H2,24,30,31). The molecule has 162 valence electrons. The predicted octanol–water partition coefficient (Wildman–Crippen LogP) is 3.13. The molecule has 5 N–H and O–H groups in total. The molecule has 32 heavy (non-hydrogen) atoms. The number of primary amides is 1. The van der Waals surface area contributed by atoms with Crippen LogP contribution >= 0.6 is 0 Å². The van der Waals surface area contributed by atoms with E-state index in [1.807, 2.05) is 36.4 Å². The summed E-state index contributed by atoms with van der Waals surface area (Å²) in [6.07, 6.45) is 0. The summed E-state index contributed by atoms with van der Waals surface area (Å²) in [6, 6.07) is 23.0. The zero-order valence-corrected chi connectivity index (χ0v) is 17.5. The van der Waals surface area contributed by atoms with Crippen LogP contribution in [-0.4, -0.2) is 29.4 Å². The lowest BCUT2D eigenvalue weighted by atomic mass is 10.1. The van der Waals surface area contributed by atoms with Crippen LogP contribution in [0.3, 0.4) is 0 Å². The van der Waals surface area contributed by atoms with Gasteiger partial charge in [0.15, 0.2) is 0 Å². The minimum atomic E-state index is -3.82. The fourth-order valence-corrected chi connectivity index (χ4v) is 3.75. The summed E-state index contributed by atoms with van der Waals surface area (Å²) in [4.78, 5) is 11.3. The Kier molecular flexibility index (Phi) is 5.49. The number of hydrogen-bond acceptors (Lipinski definition) is 5. The molecule has 3 aromatic carbocycles. The largest absolute Gasteiger partial charge is 0.349 e. The van der Waals surface area contributed by atoms with Crippen molar-refractivity contribution in [2.75, 3.05) is 5.06 Å². The van der Waals surface area contributed by atoms with Gasteiger partial charge in [-0.05, 0) is 42.5 Å². The minimum Gasteiger partial charge on any atom is -0.349 e. The first-order chi connectivity index (χ1) is 15.2. The number of primary sulfonamides is 1. The Morgan fingerprint density at radius 3 is 2.19 bits per heavy atom. The van der Waals surface area contributed by atoms with E-state index in [0.29, 0.717) is 22.0 Å². The lowest BCUT2D eigenvalue weighted by Crippen LogP contribution is -2.32. The topological polar surface area (TPSA) is 145 Å². The van der Waals surface area contributed by atoms with Gasteiger partial charge in [-0.3, -0.25) is 5.21 Å². The molecule has 1 aromatic heterocycles. The monoisotopic (exact) mass is 449 g/mol. The zero-order valence-electron chi connectivity index (χ0n) is 16.7. The first-order valence-corrected chi connectivity index (χ1v) is 11.0. The van der Waals surface area contributed by atoms with E-state index in [1.54, 1.807) is 35.0 Å². The number of nitrogens with zero attached hydrogens (tertiary/aromatic N) is 3. The van der Waals surface area contributed by atoms with Crippen LogP contribution in [-0.2, 0) is 10.0 Å². The molecule has 0 unspecified atom stereocenters. The van der Waals surface area contributed by atoms with Gasteiger partial charge in [-0.15, -0.1) is 0 Å². The van der Waals surface area contributed by atoms with E-state index in [4.69, 9.17) is 10.9 Å². The fourth-order valence-electron chi connectivity index (χ4n) is 3.23. The molecule has 10 heteroatoms. The summed E-state index contributed by atoms with van der Waals surface area (Å²) < 4.78 is 24.9. The highest BCUT2D eigenvalue weighted by molar-refractivity contribution is 7.89. The molecule has 1 heterocycles. The Hall–Kier alpha value is -3.99. The molecule has 4 aromatic rings. The van der Waals surface area contributed by atoms with Crippen molar-refractivity contribution in [2.45, 2.75) is 4.90 Å². The smallest absolute Gasteiger partial charge is 0.343 e. The molecular weight excluding hydrogens is 430 g/mol. The Morgan fingerprint density at radius 1 is 0.906 bits per heavy atom. The number of hydrogen-bond donors (Lipinski definition) is 3. The average molecular weight is 449 g/mol. The van der Waals surface area contributed by atoms with Crippen LogP contribution in [0.25, 0.3) is 28.2 Å². The van der Waals surface area contributed by atoms with Crippen molar-refractivity contribution >= 4 is 21.7 Å². The van der Waals surface area contributed by atoms with Gasteiger partial charge in [0, 0.05) is 11.1 Å².